The Morgan fingerprint density at radius 1 is 1.06 bits per heavy atom. The average molecular weight is 244 g/mol. The van der Waals surface area contributed by atoms with Crippen molar-refractivity contribution in [3.05, 3.63) is 73.2 Å². The highest BCUT2D eigenvalue weighted by molar-refractivity contribution is 5.78. The number of rotatable bonds is 6. The molecule has 0 saturated heterocycles. The number of amides is 2. The van der Waals surface area contributed by atoms with Gasteiger partial charge in [0, 0.05) is 11.4 Å². The molecule has 96 valence electrons. The summed E-state index contributed by atoms with van der Waals surface area (Å²) in [5.74, 6) is 0. The molecular weight excluding hydrogens is 224 g/mol. The van der Waals surface area contributed by atoms with E-state index in [2.05, 4.69) is 23.8 Å². The van der Waals surface area contributed by atoms with Gasteiger partial charge in [-0.05, 0) is 32.1 Å². The summed E-state index contributed by atoms with van der Waals surface area (Å²) in [6.45, 7) is 10.9. The second-order valence-electron chi connectivity index (χ2n) is 3.27. The first-order valence-corrected chi connectivity index (χ1v) is 5.66. The fourth-order valence-corrected chi connectivity index (χ4v) is 1.04. The normalized spacial score (nSPS) is 12.8. The largest absolute Gasteiger partial charge is 0.323 e. The molecule has 0 unspecified atom stereocenters. The van der Waals surface area contributed by atoms with Crippen molar-refractivity contribution in [1.82, 2.24) is 10.6 Å². The molecule has 2 amide bonds. The van der Waals surface area contributed by atoms with Crippen molar-refractivity contribution in [1.29, 1.82) is 0 Å². The van der Waals surface area contributed by atoms with Gasteiger partial charge in [0.2, 0.25) is 0 Å². The Hall–Kier alpha value is -2.29. The minimum atomic E-state index is -0.313. The lowest BCUT2D eigenvalue weighted by Gasteiger charge is -2.08. The molecule has 18 heavy (non-hydrogen) atoms. The van der Waals surface area contributed by atoms with Crippen molar-refractivity contribution in [2.24, 2.45) is 0 Å². The smallest absolute Gasteiger partial charge is 0.308 e. The van der Waals surface area contributed by atoms with Crippen molar-refractivity contribution < 1.29 is 4.79 Å². The van der Waals surface area contributed by atoms with E-state index in [1.165, 1.54) is 0 Å². The summed E-state index contributed by atoms with van der Waals surface area (Å²) in [5.41, 5.74) is 1.33. The highest BCUT2D eigenvalue weighted by Crippen LogP contribution is 1.95. The van der Waals surface area contributed by atoms with Crippen LogP contribution in [0.5, 0.6) is 0 Å². The summed E-state index contributed by atoms with van der Waals surface area (Å²) in [7, 11) is 0. The van der Waals surface area contributed by atoms with E-state index in [4.69, 9.17) is 0 Å². The number of nitrogens with one attached hydrogen (secondary N) is 2. The van der Waals surface area contributed by atoms with Gasteiger partial charge in [0.15, 0.2) is 0 Å². The van der Waals surface area contributed by atoms with Crippen LogP contribution < -0.4 is 10.6 Å². The lowest BCUT2D eigenvalue weighted by molar-refractivity contribution is 0.246. The third-order valence-corrected chi connectivity index (χ3v) is 1.93. The molecule has 0 fully saturated rings. The molecule has 0 aromatic rings. The number of carbonyl (C=O) groups is 1. The molecule has 2 N–H and O–H groups in total. The Morgan fingerprint density at radius 2 is 1.72 bits per heavy atom. The first-order chi connectivity index (χ1) is 8.67. The highest BCUT2D eigenvalue weighted by Gasteiger charge is 2.01. The van der Waals surface area contributed by atoms with Crippen LogP contribution in [0.3, 0.4) is 0 Å². The van der Waals surface area contributed by atoms with Gasteiger partial charge in [0.05, 0.1) is 0 Å². The molecule has 0 saturated carbocycles. The molecule has 0 bridgehead atoms. The van der Waals surface area contributed by atoms with E-state index in [0.717, 1.165) is 0 Å². The standard InChI is InChI=1S/C15H20N2O/c1-5-9-11-13(7-3)16-15(18)17-14(8-4)12-10-6-2/h5-12H,1,4H2,2-3H3,(H2,16,17,18)/b10-6-,11-9-,13-7+,14-12+. The predicted molar refractivity (Wildman–Crippen MR) is 77.9 cm³/mol. The van der Waals surface area contributed by atoms with Gasteiger partial charge in [-0.2, -0.15) is 0 Å². The molecule has 3 nitrogen and oxygen atoms in total. The average Bonchev–Trinajstić information content (AvgIpc) is 2.39. The van der Waals surface area contributed by atoms with Crippen LogP contribution >= 0.6 is 0 Å². The van der Waals surface area contributed by atoms with Crippen molar-refractivity contribution in [3.63, 3.8) is 0 Å². The Balaban J connectivity index is 4.53. The predicted octanol–water partition coefficient (Wildman–Crippen LogP) is 3.58. The molecule has 0 radical (unpaired) electrons. The second kappa shape index (κ2) is 9.90. The third-order valence-electron chi connectivity index (χ3n) is 1.93. The molecule has 0 aliphatic carbocycles. The Kier molecular flexibility index (Phi) is 8.64. The van der Waals surface area contributed by atoms with E-state index in [1.807, 2.05) is 26.0 Å². The maximum Gasteiger partial charge on any atom is 0.323 e. The minimum Gasteiger partial charge on any atom is -0.308 e. The zero-order valence-corrected chi connectivity index (χ0v) is 10.9. The lowest BCUT2D eigenvalue weighted by atomic mass is 10.3. The van der Waals surface area contributed by atoms with Crippen molar-refractivity contribution in [2.75, 3.05) is 0 Å². The van der Waals surface area contributed by atoms with E-state index < -0.39 is 0 Å². The first kappa shape index (κ1) is 15.7. The van der Waals surface area contributed by atoms with Crippen LogP contribution in [0.2, 0.25) is 0 Å². The molecule has 0 aromatic carbocycles. The van der Waals surface area contributed by atoms with E-state index in [0.29, 0.717) is 11.4 Å². The number of hydrogen-bond acceptors (Lipinski definition) is 1. The highest BCUT2D eigenvalue weighted by atomic mass is 16.2. The van der Waals surface area contributed by atoms with Gasteiger partial charge in [0.1, 0.15) is 0 Å². The van der Waals surface area contributed by atoms with Gasteiger partial charge in [-0.1, -0.05) is 43.5 Å². The van der Waals surface area contributed by atoms with Crippen molar-refractivity contribution in [2.45, 2.75) is 13.8 Å². The molecule has 0 aromatic heterocycles. The molecule has 0 heterocycles. The Labute approximate surface area is 109 Å². The van der Waals surface area contributed by atoms with Crippen LogP contribution in [0, 0.1) is 0 Å². The van der Waals surface area contributed by atoms with Crippen LogP contribution in [0.4, 0.5) is 4.79 Å². The SMILES string of the molecule is C=C/C=C\C(=C/C)NC(=O)N/C(C=C)=C/C=C\C. The van der Waals surface area contributed by atoms with Crippen LogP contribution in [0.15, 0.2) is 73.2 Å². The lowest BCUT2D eigenvalue weighted by Crippen LogP contribution is -2.33. The zero-order valence-electron chi connectivity index (χ0n) is 10.9. The van der Waals surface area contributed by atoms with E-state index in [9.17, 15) is 4.79 Å². The summed E-state index contributed by atoms with van der Waals surface area (Å²) in [4.78, 5) is 11.7. The summed E-state index contributed by atoms with van der Waals surface area (Å²) in [6.07, 6.45) is 14.0. The van der Waals surface area contributed by atoms with Crippen LogP contribution in [-0.2, 0) is 0 Å². The Bertz CT molecular complexity index is 412. The third kappa shape index (κ3) is 7.06. The monoisotopic (exact) mass is 244 g/mol. The first-order valence-electron chi connectivity index (χ1n) is 5.66. The van der Waals surface area contributed by atoms with Crippen LogP contribution in [0.25, 0.3) is 0 Å². The molecule has 0 aliphatic rings. The quantitative estimate of drug-likeness (QED) is 0.689. The summed E-state index contributed by atoms with van der Waals surface area (Å²) < 4.78 is 0. The van der Waals surface area contributed by atoms with Gasteiger partial charge in [-0.25, -0.2) is 4.79 Å². The summed E-state index contributed by atoms with van der Waals surface area (Å²) >= 11 is 0. The number of allylic oxidation sites excluding steroid dienone is 8. The Morgan fingerprint density at radius 3 is 2.22 bits per heavy atom. The molecule has 0 atom stereocenters. The fourth-order valence-electron chi connectivity index (χ4n) is 1.04. The van der Waals surface area contributed by atoms with Gasteiger partial charge in [-0.15, -0.1) is 0 Å². The minimum absolute atomic E-state index is 0.313. The van der Waals surface area contributed by atoms with Crippen molar-refractivity contribution in [3.8, 4) is 0 Å². The fraction of sp³-hybridized carbons (Fsp3) is 0.133. The topological polar surface area (TPSA) is 41.1 Å². The van der Waals surface area contributed by atoms with Gasteiger partial charge in [-0.3, -0.25) is 0 Å². The van der Waals surface area contributed by atoms with Gasteiger partial charge in [0.25, 0.3) is 0 Å². The zero-order chi connectivity index (χ0) is 13.8. The molecule has 0 aliphatic heterocycles. The number of hydrogen-bond donors (Lipinski definition) is 2. The summed E-state index contributed by atoms with van der Waals surface area (Å²) in [5, 5.41) is 5.39. The number of carbonyl (C=O) groups excluding carboxylic acids is 1. The molecule has 0 rings (SSSR count). The maximum atomic E-state index is 11.7. The van der Waals surface area contributed by atoms with Gasteiger partial charge >= 0.3 is 6.03 Å². The van der Waals surface area contributed by atoms with E-state index in [-0.39, 0.29) is 6.03 Å². The maximum absolute atomic E-state index is 11.7. The summed E-state index contributed by atoms with van der Waals surface area (Å²) in [6, 6.07) is -0.313. The molecule has 3 heteroatoms. The second-order valence-corrected chi connectivity index (χ2v) is 3.27. The molecular formula is C15H20N2O. The molecule has 0 spiro atoms. The van der Waals surface area contributed by atoms with Crippen molar-refractivity contribution >= 4 is 6.03 Å². The van der Waals surface area contributed by atoms with E-state index in [1.54, 1.807) is 36.5 Å². The van der Waals surface area contributed by atoms with Crippen LogP contribution in [0.1, 0.15) is 13.8 Å². The van der Waals surface area contributed by atoms with Gasteiger partial charge < -0.3 is 10.6 Å². The van der Waals surface area contributed by atoms with E-state index >= 15 is 0 Å². The van der Waals surface area contributed by atoms with Crippen LogP contribution in [-0.4, -0.2) is 6.03 Å². The number of urea groups is 1.